The molecule has 0 spiro atoms. The van der Waals surface area contributed by atoms with E-state index in [1.54, 1.807) is 31.4 Å². The van der Waals surface area contributed by atoms with Crippen LogP contribution in [0.3, 0.4) is 0 Å². The molecule has 1 aromatic rings. The van der Waals surface area contributed by atoms with Gasteiger partial charge in [-0.25, -0.2) is 0 Å². The summed E-state index contributed by atoms with van der Waals surface area (Å²) in [6.07, 6.45) is 1.69. The highest BCUT2D eigenvalue weighted by Crippen LogP contribution is 2.26. The second-order valence-corrected chi connectivity index (χ2v) is 4.35. The predicted molar refractivity (Wildman–Crippen MR) is 63.2 cm³/mol. The maximum Gasteiger partial charge on any atom is 0.127 e. The second-order valence-electron chi connectivity index (χ2n) is 4.35. The second kappa shape index (κ2) is 5.38. The molecule has 0 aromatic heterocycles. The first-order chi connectivity index (χ1) is 8.20. The molecular formula is C13H18O4. The Bertz CT molecular complexity index is 349. The number of phenolic OH excluding ortho intramolecular Hbond substituents is 1. The number of aliphatic hydroxyl groups is 1. The smallest absolute Gasteiger partial charge is 0.127 e. The molecule has 1 aliphatic carbocycles. The average molecular weight is 238 g/mol. The number of phenols is 1. The Morgan fingerprint density at radius 2 is 1.76 bits per heavy atom. The molecule has 0 bridgehead atoms. The SMILES string of the molecule is COC1CCCC(Oc2ccc(O)cc2)C1O. The summed E-state index contributed by atoms with van der Waals surface area (Å²) >= 11 is 0. The molecule has 3 atom stereocenters. The lowest BCUT2D eigenvalue weighted by Crippen LogP contribution is -2.45. The molecule has 1 aromatic carbocycles. The molecule has 1 fully saturated rings. The maximum absolute atomic E-state index is 10.0. The van der Waals surface area contributed by atoms with Crippen molar-refractivity contribution < 1.29 is 19.7 Å². The fourth-order valence-electron chi connectivity index (χ4n) is 2.19. The Balaban J connectivity index is 2.00. The minimum Gasteiger partial charge on any atom is -0.508 e. The minimum atomic E-state index is -0.595. The zero-order valence-corrected chi connectivity index (χ0v) is 9.87. The Labute approximate surface area is 101 Å². The highest BCUT2D eigenvalue weighted by atomic mass is 16.5. The van der Waals surface area contributed by atoms with Gasteiger partial charge in [-0.05, 0) is 43.5 Å². The van der Waals surface area contributed by atoms with Gasteiger partial charge < -0.3 is 19.7 Å². The summed E-state index contributed by atoms with van der Waals surface area (Å²) in [7, 11) is 1.61. The van der Waals surface area contributed by atoms with Crippen molar-refractivity contribution in [2.24, 2.45) is 0 Å². The van der Waals surface area contributed by atoms with Crippen LogP contribution in [0.4, 0.5) is 0 Å². The lowest BCUT2D eigenvalue weighted by molar-refractivity contribution is -0.0907. The largest absolute Gasteiger partial charge is 0.508 e. The third-order valence-corrected chi connectivity index (χ3v) is 3.17. The maximum atomic E-state index is 10.0. The molecule has 0 radical (unpaired) electrons. The molecule has 1 saturated carbocycles. The summed E-state index contributed by atoms with van der Waals surface area (Å²) < 4.78 is 10.9. The lowest BCUT2D eigenvalue weighted by Gasteiger charge is -2.33. The summed E-state index contributed by atoms with van der Waals surface area (Å²) in [6, 6.07) is 6.52. The van der Waals surface area contributed by atoms with Crippen molar-refractivity contribution >= 4 is 0 Å². The Morgan fingerprint density at radius 1 is 1.12 bits per heavy atom. The van der Waals surface area contributed by atoms with E-state index in [0.29, 0.717) is 5.75 Å². The highest BCUT2D eigenvalue weighted by molar-refractivity contribution is 5.30. The molecular weight excluding hydrogens is 220 g/mol. The van der Waals surface area contributed by atoms with Crippen LogP contribution in [0, 0.1) is 0 Å². The van der Waals surface area contributed by atoms with Crippen molar-refractivity contribution in [3.63, 3.8) is 0 Å². The standard InChI is InChI=1S/C13H18O4/c1-16-11-3-2-4-12(13(11)15)17-10-7-5-9(14)6-8-10/h5-8,11-15H,2-4H2,1H3. The Morgan fingerprint density at radius 3 is 2.41 bits per heavy atom. The van der Waals surface area contributed by atoms with Gasteiger partial charge in [0, 0.05) is 7.11 Å². The van der Waals surface area contributed by atoms with Crippen molar-refractivity contribution in [2.75, 3.05) is 7.11 Å². The third kappa shape index (κ3) is 2.90. The Kier molecular flexibility index (Phi) is 3.86. The average Bonchev–Trinajstić information content (AvgIpc) is 2.35. The van der Waals surface area contributed by atoms with Crippen molar-refractivity contribution in [3.05, 3.63) is 24.3 Å². The van der Waals surface area contributed by atoms with Crippen LogP contribution in [0.1, 0.15) is 19.3 Å². The van der Waals surface area contributed by atoms with Crippen LogP contribution in [0.25, 0.3) is 0 Å². The fourth-order valence-corrected chi connectivity index (χ4v) is 2.19. The van der Waals surface area contributed by atoms with Gasteiger partial charge in [0.2, 0.25) is 0 Å². The van der Waals surface area contributed by atoms with Crippen LogP contribution in [-0.2, 0) is 4.74 Å². The normalized spacial score (nSPS) is 28.9. The first-order valence-electron chi connectivity index (χ1n) is 5.87. The van der Waals surface area contributed by atoms with Crippen molar-refractivity contribution in [2.45, 2.75) is 37.6 Å². The van der Waals surface area contributed by atoms with E-state index < -0.39 is 6.10 Å². The number of hydrogen-bond acceptors (Lipinski definition) is 4. The van der Waals surface area contributed by atoms with E-state index in [-0.39, 0.29) is 18.0 Å². The molecule has 3 unspecified atom stereocenters. The van der Waals surface area contributed by atoms with E-state index in [1.165, 1.54) is 0 Å². The van der Waals surface area contributed by atoms with E-state index >= 15 is 0 Å². The number of ether oxygens (including phenoxy) is 2. The molecule has 94 valence electrons. The quantitative estimate of drug-likeness (QED) is 0.841. The molecule has 0 aliphatic heterocycles. The number of benzene rings is 1. The van der Waals surface area contributed by atoms with E-state index in [9.17, 15) is 5.11 Å². The van der Waals surface area contributed by atoms with Gasteiger partial charge in [0.25, 0.3) is 0 Å². The van der Waals surface area contributed by atoms with Gasteiger partial charge in [-0.15, -0.1) is 0 Å². The van der Waals surface area contributed by atoms with Crippen molar-refractivity contribution in [1.82, 2.24) is 0 Å². The molecule has 2 N–H and O–H groups in total. The van der Waals surface area contributed by atoms with Gasteiger partial charge in [-0.2, -0.15) is 0 Å². The van der Waals surface area contributed by atoms with Crippen LogP contribution >= 0.6 is 0 Å². The zero-order valence-electron chi connectivity index (χ0n) is 9.87. The van der Waals surface area contributed by atoms with Gasteiger partial charge >= 0.3 is 0 Å². The first kappa shape index (κ1) is 12.2. The monoisotopic (exact) mass is 238 g/mol. The lowest BCUT2D eigenvalue weighted by atomic mass is 9.92. The van der Waals surface area contributed by atoms with Gasteiger partial charge in [0.15, 0.2) is 0 Å². The first-order valence-corrected chi connectivity index (χ1v) is 5.87. The summed E-state index contributed by atoms with van der Waals surface area (Å²) in [5.41, 5.74) is 0. The molecule has 0 heterocycles. The van der Waals surface area contributed by atoms with Crippen molar-refractivity contribution in [1.29, 1.82) is 0 Å². The van der Waals surface area contributed by atoms with Crippen LogP contribution in [0.5, 0.6) is 11.5 Å². The molecule has 17 heavy (non-hydrogen) atoms. The van der Waals surface area contributed by atoms with E-state index in [4.69, 9.17) is 14.6 Å². The summed E-state index contributed by atoms with van der Waals surface area (Å²) in [4.78, 5) is 0. The topological polar surface area (TPSA) is 58.9 Å². The Hall–Kier alpha value is -1.26. The van der Waals surface area contributed by atoms with Crippen LogP contribution in [0.2, 0.25) is 0 Å². The zero-order chi connectivity index (χ0) is 12.3. The summed E-state index contributed by atoms with van der Waals surface area (Å²) in [5.74, 6) is 0.861. The molecule has 2 rings (SSSR count). The number of rotatable bonds is 3. The van der Waals surface area contributed by atoms with Crippen LogP contribution in [0.15, 0.2) is 24.3 Å². The van der Waals surface area contributed by atoms with Gasteiger partial charge in [-0.1, -0.05) is 0 Å². The predicted octanol–water partition coefficient (Wildman–Crippen LogP) is 1.70. The minimum absolute atomic E-state index is 0.147. The molecule has 4 nitrogen and oxygen atoms in total. The molecule has 0 saturated heterocycles. The molecule has 1 aliphatic rings. The summed E-state index contributed by atoms with van der Waals surface area (Å²) in [5, 5.41) is 19.2. The van der Waals surface area contributed by atoms with E-state index in [2.05, 4.69) is 0 Å². The van der Waals surface area contributed by atoms with E-state index in [1.807, 2.05) is 0 Å². The molecule has 4 heteroatoms. The van der Waals surface area contributed by atoms with Crippen LogP contribution in [-0.4, -0.2) is 35.6 Å². The van der Waals surface area contributed by atoms with Crippen molar-refractivity contribution in [3.8, 4) is 11.5 Å². The van der Waals surface area contributed by atoms with Gasteiger partial charge in [0.1, 0.15) is 23.7 Å². The molecule has 0 amide bonds. The number of hydrogen-bond donors (Lipinski definition) is 2. The number of methoxy groups -OCH3 is 1. The number of aliphatic hydroxyl groups excluding tert-OH is 1. The van der Waals surface area contributed by atoms with Gasteiger partial charge in [0.05, 0.1) is 6.10 Å². The highest BCUT2D eigenvalue weighted by Gasteiger charge is 2.33. The third-order valence-electron chi connectivity index (χ3n) is 3.17. The van der Waals surface area contributed by atoms with Crippen LogP contribution < -0.4 is 4.74 Å². The number of aromatic hydroxyl groups is 1. The van der Waals surface area contributed by atoms with Gasteiger partial charge in [-0.3, -0.25) is 0 Å². The summed E-state index contributed by atoms with van der Waals surface area (Å²) in [6.45, 7) is 0. The fraction of sp³-hybridized carbons (Fsp3) is 0.538. The van der Waals surface area contributed by atoms with E-state index in [0.717, 1.165) is 19.3 Å².